The summed E-state index contributed by atoms with van der Waals surface area (Å²) in [6, 6.07) is 3.35. The van der Waals surface area contributed by atoms with Crippen molar-refractivity contribution in [3.8, 4) is 0 Å². The van der Waals surface area contributed by atoms with Gasteiger partial charge in [-0.05, 0) is 12.1 Å². The normalized spacial score (nSPS) is 12.6. The maximum absolute atomic E-state index is 10.9. The first kappa shape index (κ1) is 13.8. The first-order chi connectivity index (χ1) is 7.92. The van der Waals surface area contributed by atoms with Gasteiger partial charge < -0.3 is 10.9 Å². The fourth-order valence-electron chi connectivity index (χ4n) is 0.973. The molecule has 0 fully saturated rings. The number of aromatic nitrogens is 1. The predicted octanol–water partition coefficient (Wildman–Crippen LogP) is 0.313. The number of pyridine rings is 1. The molecule has 8 heteroatoms. The van der Waals surface area contributed by atoms with Crippen LogP contribution in [0.4, 0.5) is 0 Å². The molecule has 0 radical (unpaired) electrons. The van der Waals surface area contributed by atoms with Crippen LogP contribution in [0.3, 0.4) is 0 Å². The van der Waals surface area contributed by atoms with Crippen molar-refractivity contribution >= 4 is 27.4 Å². The number of sulfone groups is 1. The summed E-state index contributed by atoms with van der Waals surface area (Å²) in [4.78, 5) is 4.06. The van der Waals surface area contributed by atoms with Crippen molar-refractivity contribution in [2.75, 3.05) is 17.8 Å². The van der Waals surface area contributed by atoms with Gasteiger partial charge in [-0.3, -0.25) is 0 Å². The van der Waals surface area contributed by atoms with Crippen molar-refractivity contribution in [1.82, 2.24) is 4.98 Å². The van der Waals surface area contributed by atoms with Crippen molar-refractivity contribution in [3.05, 3.63) is 23.9 Å². The van der Waals surface area contributed by atoms with Crippen LogP contribution in [0.15, 0.2) is 28.5 Å². The van der Waals surface area contributed by atoms with Gasteiger partial charge in [-0.15, -0.1) is 11.8 Å². The number of nitrogens with zero attached hydrogens (tertiary/aromatic N) is 2. The van der Waals surface area contributed by atoms with Gasteiger partial charge in [-0.1, -0.05) is 5.16 Å². The number of hydrogen-bond acceptors (Lipinski definition) is 6. The standard InChI is InChI=1S/C9H13N3O3S2/c1-17(14,15)5-4-16-8-3-2-7(6-11-8)9(10)12-13/h2-3,6,13H,4-5H2,1H3,(H2,10,12). The summed E-state index contributed by atoms with van der Waals surface area (Å²) in [5.41, 5.74) is 5.89. The second-order valence-corrected chi connectivity index (χ2v) is 6.72. The van der Waals surface area contributed by atoms with Crippen LogP contribution in [0.25, 0.3) is 0 Å². The Morgan fingerprint density at radius 1 is 1.59 bits per heavy atom. The predicted molar refractivity (Wildman–Crippen MR) is 67.2 cm³/mol. The van der Waals surface area contributed by atoms with Gasteiger partial charge in [0.15, 0.2) is 5.84 Å². The molecular formula is C9H13N3O3S2. The van der Waals surface area contributed by atoms with Crippen LogP contribution >= 0.6 is 11.8 Å². The number of oxime groups is 1. The van der Waals surface area contributed by atoms with E-state index in [-0.39, 0.29) is 11.6 Å². The molecule has 0 aliphatic carbocycles. The van der Waals surface area contributed by atoms with Crippen molar-refractivity contribution in [2.45, 2.75) is 5.03 Å². The maximum Gasteiger partial charge on any atom is 0.171 e. The van der Waals surface area contributed by atoms with Gasteiger partial charge in [0, 0.05) is 23.8 Å². The third-order valence-corrected chi connectivity index (χ3v) is 3.99. The van der Waals surface area contributed by atoms with E-state index in [2.05, 4.69) is 10.1 Å². The molecule has 0 saturated carbocycles. The number of amidine groups is 1. The zero-order valence-corrected chi connectivity index (χ0v) is 10.8. The number of hydrogen-bond donors (Lipinski definition) is 2. The zero-order chi connectivity index (χ0) is 12.9. The zero-order valence-electron chi connectivity index (χ0n) is 9.20. The van der Waals surface area contributed by atoms with Crippen LogP contribution in [0, 0.1) is 0 Å². The third-order valence-electron chi connectivity index (χ3n) is 1.84. The molecule has 0 aliphatic heterocycles. The third kappa shape index (κ3) is 5.05. The molecule has 1 heterocycles. The van der Waals surface area contributed by atoms with Crippen LogP contribution < -0.4 is 5.73 Å². The monoisotopic (exact) mass is 275 g/mol. The average Bonchev–Trinajstić information content (AvgIpc) is 2.27. The number of rotatable bonds is 5. The highest BCUT2D eigenvalue weighted by molar-refractivity contribution is 8.00. The summed E-state index contributed by atoms with van der Waals surface area (Å²) in [5.74, 6) is 0.556. The fourth-order valence-corrected chi connectivity index (χ4v) is 3.02. The summed E-state index contributed by atoms with van der Waals surface area (Å²) < 4.78 is 21.8. The van der Waals surface area contributed by atoms with Crippen molar-refractivity contribution in [2.24, 2.45) is 10.9 Å². The Kier molecular flexibility index (Phi) is 4.76. The van der Waals surface area contributed by atoms with E-state index in [9.17, 15) is 8.42 Å². The molecule has 0 aliphatic rings. The molecule has 0 atom stereocenters. The molecule has 0 amide bonds. The lowest BCUT2D eigenvalue weighted by molar-refractivity contribution is 0.318. The summed E-state index contributed by atoms with van der Waals surface area (Å²) >= 11 is 1.34. The van der Waals surface area contributed by atoms with Gasteiger partial charge in [0.05, 0.1) is 10.8 Å². The molecule has 0 saturated heterocycles. The summed E-state index contributed by atoms with van der Waals surface area (Å²) in [6.07, 6.45) is 2.67. The SMILES string of the molecule is CS(=O)(=O)CCSc1ccc(C(N)=NO)cn1. The van der Waals surface area contributed by atoms with E-state index in [1.54, 1.807) is 12.1 Å². The molecule has 1 aromatic heterocycles. The van der Waals surface area contributed by atoms with Gasteiger partial charge in [-0.25, -0.2) is 13.4 Å². The first-order valence-electron chi connectivity index (χ1n) is 4.67. The van der Waals surface area contributed by atoms with E-state index in [1.807, 2.05) is 0 Å². The molecule has 1 rings (SSSR count). The molecule has 0 spiro atoms. The van der Waals surface area contributed by atoms with E-state index >= 15 is 0 Å². The Labute approximate surface area is 104 Å². The Bertz CT molecular complexity index is 497. The molecule has 94 valence electrons. The van der Waals surface area contributed by atoms with E-state index < -0.39 is 9.84 Å². The van der Waals surface area contributed by atoms with E-state index in [0.29, 0.717) is 16.3 Å². The Balaban J connectivity index is 2.57. The molecule has 17 heavy (non-hydrogen) atoms. The van der Waals surface area contributed by atoms with Crippen molar-refractivity contribution in [3.63, 3.8) is 0 Å². The quantitative estimate of drug-likeness (QED) is 0.263. The molecule has 0 bridgehead atoms. The van der Waals surface area contributed by atoms with Crippen LogP contribution in [-0.4, -0.2) is 42.2 Å². The maximum atomic E-state index is 10.9. The van der Waals surface area contributed by atoms with Crippen molar-refractivity contribution in [1.29, 1.82) is 0 Å². The lowest BCUT2D eigenvalue weighted by Gasteiger charge is -2.01. The average molecular weight is 275 g/mol. The highest BCUT2D eigenvalue weighted by atomic mass is 32.2. The van der Waals surface area contributed by atoms with Crippen LogP contribution in [0.2, 0.25) is 0 Å². The second kappa shape index (κ2) is 5.87. The van der Waals surface area contributed by atoms with Crippen LogP contribution in [0.1, 0.15) is 5.56 Å². The lowest BCUT2D eigenvalue weighted by atomic mass is 10.3. The fraction of sp³-hybridized carbons (Fsp3) is 0.333. The van der Waals surface area contributed by atoms with Gasteiger partial charge in [-0.2, -0.15) is 0 Å². The van der Waals surface area contributed by atoms with E-state index in [1.165, 1.54) is 24.2 Å². The Morgan fingerprint density at radius 2 is 2.29 bits per heavy atom. The highest BCUT2D eigenvalue weighted by Crippen LogP contribution is 2.15. The molecule has 3 N–H and O–H groups in total. The summed E-state index contributed by atoms with van der Waals surface area (Å²) in [5, 5.41) is 12.0. The smallest absolute Gasteiger partial charge is 0.171 e. The van der Waals surface area contributed by atoms with E-state index in [0.717, 1.165) is 0 Å². The van der Waals surface area contributed by atoms with Gasteiger partial charge >= 0.3 is 0 Å². The first-order valence-corrected chi connectivity index (χ1v) is 7.71. The van der Waals surface area contributed by atoms with Crippen molar-refractivity contribution < 1.29 is 13.6 Å². The largest absolute Gasteiger partial charge is 0.409 e. The summed E-state index contributed by atoms with van der Waals surface area (Å²) in [6.45, 7) is 0. The van der Waals surface area contributed by atoms with Gasteiger partial charge in [0.25, 0.3) is 0 Å². The molecule has 1 aromatic rings. The second-order valence-electron chi connectivity index (χ2n) is 3.35. The van der Waals surface area contributed by atoms with Gasteiger partial charge in [0.2, 0.25) is 0 Å². The Hall–Kier alpha value is -1.28. The van der Waals surface area contributed by atoms with E-state index in [4.69, 9.17) is 10.9 Å². The van der Waals surface area contributed by atoms with Crippen LogP contribution in [0.5, 0.6) is 0 Å². The molecule has 0 unspecified atom stereocenters. The molecule has 6 nitrogen and oxygen atoms in total. The molecule has 0 aromatic carbocycles. The minimum Gasteiger partial charge on any atom is -0.409 e. The lowest BCUT2D eigenvalue weighted by Crippen LogP contribution is -2.13. The number of thioether (sulfide) groups is 1. The number of nitrogens with two attached hydrogens (primary N) is 1. The minimum absolute atomic E-state index is 0.00909. The summed E-state index contributed by atoms with van der Waals surface area (Å²) in [7, 11) is -2.94. The highest BCUT2D eigenvalue weighted by Gasteiger charge is 2.04. The van der Waals surface area contributed by atoms with Gasteiger partial charge in [0.1, 0.15) is 9.84 Å². The van der Waals surface area contributed by atoms with Crippen LogP contribution in [-0.2, 0) is 9.84 Å². The minimum atomic E-state index is -2.94. The Morgan fingerprint density at radius 3 is 2.76 bits per heavy atom. The topological polar surface area (TPSA) is 106 Å². The molecular weight excluding hydrogens is 262 g/mol.